The number of rotatable bonds is 5. The van der Waals surface area contributed by atoms with Gasteiger partial charge in [0.25, 0.3) is 0 Å². The predicted octanol–water partition coefficient (Wildman–Crippen LogP) is 1.29. The van der Waals surface area contributed by atoms with E-state index in [0.717, 1.165) is 18.8 Å². The third kappa shape index (κ3) is 3.85. The highest BCUT2D eigenvalue weighted by Gasteiger charge is 2.04. The SMILES string of the molecule is CC(NCCN(C)C)c1ccccn1. The van der Waals surface area contributed by atoms with E-state index in [0.29, 0.717) is 6.04 Å². The van der Waals surface area contributed by atoms with E-state index in [1.807, 2.05) is 24.4 Å². The van der Waals surface area contributed by atoms with Crippen molar-refractivity contribution in [3.05, 3.63) is 30.1 Å². The van der Waals surface area contributed by atoms with Crippen LogP contribution in [0, 0.1) is 0 Å². The summed E-state index contributed by atoms with van der Waals surface area (Å²) in [6.07, 6.45) is 1.83. The van der Waals surface area contributed by atoms with E-state index < -0.39 is 0 Å². The molecule has 0 aliphatic rings. The van der Waals surface area contributed by atoms with Crippen LogP contribution in [0.15, 0.2) is 24.4 Å². The first-order chi connectivity index (χ1) is 6.70. The molecule has 3 heteroatoms. The van der Waals surface area contributed by atoms with Crippen LogP contribution in [0.5, 0.6) is 0 Å². The average Bonchev–Trinajstić information content (AvgIpc) is 2.18. The lowest BCUT2D eigenvalue weighted by molar-refractivity contribution is 0.388. The molecule has 0 aromatic carbocycles. The first kappa shape index (κ1) is 11.1. The van der Waals surface area contributed by atoms with Crippen molar-refractivity contribution in [3.8, 4) is 0 Å². The summed E-state index contributed by atoms with van der Waals surface area (Å²) in [6.45, 7) is 4.18. The Kier molecular flexibility index (Phi) is 4.56. The van der Waals surface area contributed by atoms with Crippen molar-refractivity contribution in [1.29, 1.82) is 0 Å². The summed E-state index contributed by atoms with van der Waals surface area (Å²) in [5.41, 5.74) is 1.10. The molecule has 78 valence electrons. The second-order valence-electron chi connectivity index (χ2n) is 3.73. The maximum Gasteiger partial charge on any atom is 0.0570 e. The fourth-order valence-corrected chi connectivity index (χ4v) is 1.24. The lowest BCUT2D eigenvalue weighted by Gasteiger charge is -2.15. The molecule has 1 N–H and O–H groups in total. The Balaban J connectivity index is 2.32. The largest absolute Gasteiger partial charge is 0.308 e. The zero-order valence-electron chi connectivity index (χ0n) is 9.20. The molecule has 0 aliphatic carbocycles. The van der Waals surface area contributed by atoms with Crippen LogP contribution in [0.25, 0.3) is 0 Å². The van der Waals surface area contributed by atoms with Gasteiger partial charge in [-0.25, -0.2) is 0 Å². The molecule has 1 aromatic rings. The van der Waals surface area contributed by atoms with Crippen LogP contribution in [0.3, 0.4) is 0 Å². The van der Waals surface area contributed by atoms with E-state index in [-0.39, 0.29) is 0 Å². The van der Waals surface area contributed by atoms with Crippen LogP contribution in [0.1, 0.15) is 18.7 Å². The van der Waals surface area contributed by atoms with Crippen molar-refractivity contribution in [2.45, 2.75) is 13.0 Å². The van der Waals surface area contributed by atoms with Crippen LogP contribution in [-0.4, -0.2) is 37.1 Å². The van der Waals surface area contributed by atoms with Crippen LogP contribution >= 0.6 is 0 Å². The number of hydrogen-bond donors (Lipinski definition) is 1. The summed E-state index contributed by atoms with van der Waals surface area (Å²) < 4.78 is 0. The van der Waals surface area contributed by atoms with Gasteiger partial charge in [-0.3, -0.25) is 4.98 Å². The Bertz CT molecular complexity index is 246. The van der Waals surface area contributed by atoms with Crippen LogP contribution in [0.4, 0.5) is 0 Å². The van der Waals surface area contributed by atoms with Gasteiger partial charge in [-0.1, -0.05) is 6.07 Å². The molecule has 1 unspecified atom stereocenters. The number of nitrogens with zero attached hydrogens (tertiary/aromatic N) is 2. The third-order valence-electron chi connectivity index (χ3n) is 2.14. The molecule has 0 saturated heterocycles. The van der Waals surface area contributed by atoms with Gasteiger partial charge in [0.1, 0.15) is 0 Å². The molecule has 0 saturated carbocycles. The number of hydrogen-bond acceptors (Lipinski definition) is 3. The van der Waals surface area contributed by atoms with Crippen molar-refractivity contribution >= 4 is 0 Å². The third-order valence-corrected chi connectivity index (χ3v) is 2.14. The Labute approximate surface area is 86.2 Å². The average molecular weight is 193 g/mol. The normalized spacial score (nSPS) is 13.1. The molecule has 0 amide bonds. The van der Waals surface area contributed by atoms with Gasteiger partial charge in [-0.2, -0.15) is 0 Å². The first-order valence-electron chi connectivity index (χ1n) is 4.99. The van der Waals surface area contributed by atoms with Gasteiger partial charge in [0.05, 0.1) is 5.69 Å². The highest BCUT2D eigenvalue weighted by atomic mass is 15.1. The van der Waals surface area contributed by atoms with Gasteiger partial charge in [0, 0.05) is 25.3 Å². The summed E-state index contributed by atoms with van der Waals surface area (Å²) in [5, 5.41) is 3.43. The maximum absolute atomic E-state index is 4.30. The van der Waals surface area contributed by atoms with Gasteiger partial charge in [-0.15, -0.1) is 0 Å². The van der Waals surface area contributed by atoms with E-state index in [1.165, 1.54) is 0 Å². The highest BCUT2D eigenvalue weighted by Crippen LogP contribution is 2.06. The quantitative estimate of drug-likeness (QED) is 0.764. The minimum atomic E-state index is 0.330. The second kappa shape index (κ2) is 5.73. The molecule has 0 aliphatic heterocycles. The minimum absolute atomic E-state index is 0.330. The molecule has 0 bridgehead atoms. The number of likely N-dealkylation sites (N-methyl/N-ethyl adjacent to an activating group) is 1. The van der Waals surface area contributed by atoms with Crippen molar-refractivity contribution in [2.75, 3.05) is 27.2 Å². The van der Waals surface area contributed by atoms with E-state index in [2.05, 4.69) is 36.2 Å². The standard InChI is InChI=1S/C11H19N3/c1-10(12-8-9-14(2)3)11-6-4-5-7-13-11/h4-7,10,12H,8-9H2,1-3H3. The smallest absolute Gasteiger partial charge is 0.0570 e. The zero-order chi connectivity index (χ0) is 10.4. The Morgan fingerprint density at radius 1 is 1.43 bits per heavy atom. The lowest BCUT2D eigenvalue weighted by Crippen LogP contribution is -2.28. The molecular weight excluding hydrogens is 174 g/mol. The van der Waals surface area contributed by atoms with E-state index in [4.69, 9.17) is 0 Å². The van der Waals surface area contributed by atoms with Crippen LogP contribution in [0.2, 0.25) is 0 Å². The monoisotopic (exact) mass is 193 g/mol. The molecule has 1 aromatic heterocycles. The van der Waals surface area contributed by atoms with Crippen LogP contribution in [-0.2, 0) is 0 Å². The lowest BCUT2D eigenvalue weighted by atomic mass is 10.2. The minimum Gasteiger partial charge on any atom is -0.308 e. The zero-order valence-corrected chi connectivity index (χ0v) is 9.20. The number of nitrogens with one attached hydrogen (secondary N) is 1. The van der Waals surface area contributed by atoms with Crippen molar-refractivity contribution in [2.24, 2.45) is 0 Å². The molecule has 1 rings (SSSR count). The summed E-state index contributed by atoms with van der Waals surface area (Å²) in [7, 11) is 4.15. The Morgan fingerprint density at radius 2 is 2.21 bits per heavy atom. The second-order valence-corrected chi connectivity index (χ2v) is 3.73. The summed E-state index contributed by atoms with van der Waals surface area (Å²) in [5.74, 6) is 0. The molecule has 3 nitrogen and oxygen atoms in total. The van der Waals surface area contributed by atoms with Crippen molar-refractivity contribution < 1.29 is 0 Å². The van der Waals surface area contributed by atoms with E-state index in [1.54, 1.807) is 0 Å². The summed E-state index contributed by atoms with van der Waals surface area (Å²) in [4.78, 5) is 6.47. The summed E-state index contributed by atoms with van der Waals surface area (Å²) >= 11 is 0. The van der Waals surface area contributed by atoms with Gasteiger partial charge in [0.15, 0.2) is 0 Å². The van der Waals surface area contributed by atoms with Gasteiger partial charge >= 0.3 is 0 Å². The molecule has 1 heterocycles. The number of pyridine rings is 1. The Hall–Kier alpha value is -0.930. The van der Waals surface area contributed by atoms with E-state index in [9.17, 15) is 0 Å². The maximum atomic E-state index is 4.30. The molecule has 0 radical (unpaired) electrons. The highest BCUT2D eigenvalue weighted by molar-refractivity contribution is 5.07. The Morgan fingerprint density at radius 3 is 2.79 bits per heavy atom. The van der Waals surface area contributed by atoms with Crippen molar-refractivity contribution in [1.82, 2.24) is 15.2 Å². The van der Waals surface area contributed by atoms with Crippen molar-refractivity contribution in [3.63, 3.8) is 0 Å². The first-order valence-corrected chi connectivity index (χ1v) is 4.99. The molecule has 0 fully saturated rings. The molecule has 1 atom stereocenters. The molecular formula is C11H19N3. The van der Waals surface area contributed by atoms with Gasteiger partial charge in [-0.05, 0) is 33.2 Å². The van der Waals surface area contributed by atoms with Gasteiger partial charge in [0.2, 0.25) is 0 Å². The fourth-order valence-electron chi connectivity index (χ4n) is 1.24. The van der Waals surface area contributed by atoms with Gasteiger partial charge < -0.3 is 10.2 Å². The number of aromatic nitrogens is 1. The topological polar surface area (TPSA) is 28.2 Å². The van der Waals surface area contributed by atoms with E-state index >= 15 is 0 Å². The summed E-state index contributed by atoms with van der Waals surface area (Å²) in [6, 6.07) is 6.34. The molecule has 14 heavy (non-hydrogen) atoms. The predicted molar refractivity (Wildman–Crippen MR) is 59.2 cm³/mol. The van der Waals surface area contributed by atoms with Crippen LogP contribution < -0.4 is 5.32 Å². The molecule has 0 spiro atoms. The fraction of sp³-hybridized carbons (Fsp3) is 0.545.